The van der Waals surface area contributed by atoms with Crippen molar-refractivity contribution in [3.8, 4) is 56.4 Å². The first-order chi connectivity index (χ1) is 28.2. The van der Waals surface area contributed by atoms with Gasteiger partial charge in [0.1, 0.15) is 33.5 Å². The van der Waals surface area contributed by atoms with Gasteiger partial charge in [-0.25, -0.2) is 15.0 Å². The van der Waals surface area contributed by atoms with E-state index in [1.54, 1.807) is 0 Å². The molecule has 0 spiro atoms. The standard InChI is InChI=1S/C51H29N3O3/c1-2-10-31(11-3-1)49-52-50(54-51(53-49)34-23-25-40-38-13-5-8-16-43(38)56-46(40)29-34)32-20-18-30(19-21-32)36-27-26-35(47-41-14-6-9-17-44(41)57-48(36)47)33-22-24-39-37-12-4-7-15-42(37)55-45(39)28-33/h1-29H. The molecule has 12 aromatic rings. The Morgan fingerprint density at radius 3 is 1.37 bits per heavy atom. The van der Waals surface area contributed by atoms with Crippen LogP contribution in [-0.2, 0) is 0 Å². The van der Waals surface area contributed by atoms with Gasteiger partial charge < -0.3 is 13.3 Å². The van der Waals surface area contributed by atoms with Gasteiger partial charge in [0.2, 0.25) is 0 Å². The van der Waals surface area contributed by atoms with Crippen LogP contribution < -0.4 is 0 Å². The lowest BCUT2D eigenvalue weighted by molar-refractivity contribution is 0.668. The molecule has 4 aromatic heterocycles. The van der Waals surface area contributed by atoms with E-state index in [9.17, 15) is 0 Å². The third-order valence-corrected chi connectivity index (χ3v) is 11.0. The Balaban J connectivity index is 0.968. The molecule has 0 aliphatic heterocycles. The van der Waals surface area contributed by atoms with Crippen LogP contribution in [0.3, 0.4) is 0 Å². The molecule has 0 saturated heterocycles. The Labute approximate surface area is 325 Å². The summed E-state index contributed by atoms with van der Waals surface area (Å²) >= 11 is 0. The lowest BCUT2D eigenvalue weighted by atomic mass is 9.94. The van der Waals surface area contributed by atoms with Gasteiger partial charge in [-0.1, -0.05) is 127 Å². The van der Waals surface area contributed by atoms with Crippen LogP contribution in [0.1, 0.15) is 0 Å². The number of benzene rings is 8. The summed E-state index contributed by atoms with van der Waals surface area (Å²) in [6.07, 6.45) is 0. The van der Waals surface area contributed by atoms with Gasteiger partial charge in [0.05, 0.1) is 0 Å². The molecule has 12 rings (SSSR count). The second-order valence-electron chi connectivity index (χ2n) is 14.3. The van der Waals surface area contributed by atoms with E-state index >= 15 is 0 Å². The third kappa shape index (κ3) is 5.08. The molecule has 0 unspecified atom stereocenters. The predicted octanol–water partition coefficient (Wildman–Crippen LogP) is 13.9. The quantitative estimate of drug-likeness (QED) is 0.175. The van der Waals surface area contributed by atoms with Crippen molar-refractivity contribution >= 4 is 65.8 Å². The first-order valence-corrected chi connectivity index (χ1v) is 18.9. The molecular weight excluding hydrogens is 703 g/mol. The van der Waals surface area contributed by atoms with Crippen LogP contribution in [0.2, 0.25) is 0 Å². The minimum atomic E-state index is 0.575. The highest BCUT2D eigenvalue weighted by atomic mass is 16.3. The van der Waals surface area contributed by atoms with Crippen LogP contribution in [0.5, 0.6) is 0 Å². The highest BCUT2D eigenvalue weighted by Crippen LogP contribution is 2.43. The van der Waals surface area contributed by atoms with Crippen molar-refractivity contribution < 1.29 is 13.3 Å². The summed E-state index contributed by atoms with van der Waals surface area (Å²) in [5.41, 5.74) is 11.9. The minimum Gasteiger partial charge on any atom is -0.456 e. The van der Waals surface area contributed by atoms with Gasteiger partial charge in [0.15, 0.2) is 17.5 Å². The normalized spacial score (nSPS) is 11.9. The maximum Gasteiger partial charge on any atom is 0.164 e. The van der Waals surface area contributed by atoms with E-state index in [0.717, 1.165) is 105 Å². The van der Waals surface area contributed by atoms with Crippen LogP contribution >= 0.6 is 0 Å². The highest BCUT2D eigenvalue weighted by Gasteiger charge is 2.19. The molecule has 0 fully saturated rings. The third-order valence-electron chi connectivity index (χ3n) is 11.0. The molecule has 8 aromatic carbocycles. The molecule has 0 radical (unpaired) electrons. The molecule has 6 heteroatoms. The lowest BCUT2D eigenvalue weighted by Crippen LogP contribution is -2.00. The average Bonchev–Trinajstić information content (AvgIpc) is 3.97. The van der Waals surface area contributed by atoms with E-state index < -0.39 is 0 Å². The molecule has 0 bridgehead atoms. The van der Waals surface area contributed by atoms with E-state index in [-0.39, 0.29) is 0 Å². The van der Waals surface area contributed by atoms with Crippen molar-refractivity contribution in [3.05, 3.63) is 176 Å². The summed E-state index contributed by atoms with van der Waals surface area (Å²) in [4.78, 5) is 15.0. The first-order valence-electron chi connectivity index (χ1n) is 18.9. The Kier molecular flexibility index (Phi) is 6.83. The molecule has 57 heavy (non-hydrogen) atoms. The van der Waals surface area contributed by atoms with Crippen molar-refractivity contribution in [1.82, 2.24) is 15.0 Å². The van der Waals surface area contributed by atoms with E-state index in [4.69, 9.17) is 28.2 Å². The molecule has 0 saturated carbocycles. The maximum atomic E-state index is 6.67. The Morgan fingerprint density at radius 2 is 0.719 bits per heavy atom. The number of hydrogen-bond donors (Lipinski definition) is 0. The van der Waals surface area contributed by atoms with Crippen LogP contribution in [-0.4, -0.2) is 15.0 Å². The molecule has 6 nitrogen and oxygen atoms in total. The number of rotatable bonds is 5. The fraction of sp³-hybridized carbons (Fsp3) is 0. The van der Waals surface area contributed by atoms with E-state index in [2.05, 4.69) is 91.0 Å². The van der Waals surface area contributed by atoms with Gasteiger partial charge in [-0.3, -0.25) is 0 Å². The summed E-state index contributed by atoms with van der Waals surface area (Å²) in [6, 6.07) is 59.9. The molecule has 0 atom stereocenters. The Morgan fingerprint density at radius 1 is 0.281 bits per heavy atom. The number of para-hydroxylation sites is 3. The van der Waals surface area contributed by atoms with E-state index in [1.165, 1.54) is 0 Å². The first kappa shape index (κ1) is 31.5. The van der Waals surface area contributed by atoms with Crippen molar-refractivity contribution in [3.63, 3.8) is 0 Å². The number of hydrogen-bond acceptors (Lipinski definition) is 6. The van der Waals surface area contributed by atoms with Crippen molar-refractivity contribution in [2.45, 2.75) is 0 Å². The molecule has 0 amide bonds. The van der Waals surface area contributed by atoms with Crippen molar-refractivity contribution in [2.24, 2.45) is 0 Å². The predicted molar refractivity (Wildman–Crippen MR) is 229 cm³/mol. The molecule has 266 valence electrons. The second-order valence-corrected chi connectivity index (χ2v) is 14.3. The van der Waals surface area contributed by atoms with Crippen LogP contribution in [0.25, 0.3) is 122 Å². The molecule has 0 aliphatic carbocycles. The monoisotopic (exact) mass is 731 g/mol. The van der Waals surface area contributed by atoms with Gasteiger partial charge in [0.25, 0.3) is 0 Å². The van der Waals surface area contributed by atoms with E-state index in [0.29, 0.717) is 17.5 Å². The summed E-state index contributed by atoms with van der Waals surface area (Å²) < 4.78 is 19.2. The van der Waals surface area contributed by atoms with Crippen LogP contribution in [0.15, 0.2) is 189 Å². The smallest absolute Gasteiger partial charge is 0.164 e. The largest absolute Gasteiger partial charge is 0.456 e. The minimum absolute atomic E-state index is 0.575. The van der Waals surface area contributed by atoms with Crippen molar-refractivity contribution in [2.75, 3.05) is 0 Å². The summed E-state index contributed by atoms with van der Waals surface area (Å²) in [6.45, 7) is 0. The zero-order chi connectivity index (χ0) is 37.5. The average molecular weight is 732 g/mol. The van der Waals surface area contributed by atoms with E-state index in [1.807, 2.05) is 84.9 Å². The molecule has 0 aliphatic rings. The molecule has 0 N–H and O–H groups in total. The number of nitrogens with zero attached hydrogens (tertiary/aromatic N) is 3. The Bertz CT molecular complexity index is 3520. The molecular formula is C51H29N3O3. The maximum absolute atomic E-state index is 6.67. The van der Waals surface area contributed by atoms with Gasteiger partial charge in [-0.15, -0.1) is 0 Å². The fourth-order valence-corrected chi connectivity index (χ4v) is 8.20. The SMILES string of the molecule is c1ccc(-c2nc(-c3ccc(-c4ccc(-c5ccc6c(c5)oc5ccccc56)c5c4oc4ccccc45)cc3)nc(-c3ccc4c(c3)oc3ccccc34)n2)cc1. The summed E-state index contributed by atoms with van der Waals surface area (Å²) in [7, 11) is 0. The van der Waals surface area contributed by atoms with Crippen LogP contribution in [0.4, 0.5) is 0 Å². The Hall–Kier alpha value is -7.83. The number of aromatic nitrogens is 3. The number of fused-ring (bicyclic) bond motifs is 9. The zero-order valence-electron chi connectivity index (χ0n) is 30.3. The van der Waals surface area contributed by atoms with Gasteiger partial charge in [-0.2, -0.15) is 0 Å². The van der Waals surface area contributed by atoms with Crippen molar-refractivity contribution in [1.29, 1.82) is 0 Å². The van der Waals surface area contributed by atoms with Gasteiger partial charge >= 0.3 is 0 Å². The van der Waals surface area contributed by atoms with Gasteiger partial charge in [-0.05, 0) is 65.2 Å². The molecule has 4 heterocycles. The number of furan rings is 3. The van der Waals surface area contributed by atoms with Gasteiger partial charge in [0, 0.05) is 54.6 Å². The second kappa shape index (κ2) is 12.3. The summed E-state index contributed by atoms with van der Waals surface area (Å²) in [5.74, 6) is 1.76. The zero-order valence-corrected chi connectivity index (χ0v) is 30.3. The highest BCUT2D eigenvalue weighted by molar-refractivity contribution is 6.17. The summed E-state index contributed by atoms with van der Waals surface area (Å²) in [5, 5.41) is 6.50. The topological polar surface area (TPSA) is 78.1 Å². The fourth-order valence-electron chi connectivity index (χ4n) is 8.20. The lowest BCUT2D eigenvalue weighted by Gasteiger charge is -2.10. The van der Waals surface area contributed by atoms with Crippen LogP contribution in [0, 0.1) is 0 Å².